The van der Waals surface area contributed by atoms with Crippen LogP contribution < -0.4 is 5.32 Å². The summed E-state index contributed by atoms with van der Waals surface area (Å²) in [4.78, 5) is 25.3. The summed E-state index contributed by atoms with van der Waals surface area (Å²) < 4.78 is 7.09. The normalized spacial score (nSPS) is 11.4. The van der Waals surface area contributed by atoms with Crippen LogP contribution in [0.5, 0.6) is 0 Å². The summed E-state index contributed by atoms with van der Waals surface area (Å²) in [5, 5.41) is 8.14. The fourth-order valence-electron chi connectivity index (χ4n) is 3.56. The predicted octanol–water partition coefficient (Wildman–Crippen LogP) is 3.97. The molecule has 0 aliphatic carbocycles. The second-order valence-electron chi connectivity index (χ2n) is 6.97. The Balaban J connectivity index is 1.51. The van der Waals surface area contributed by atoms with E-state index in [4.69, 9.17) is 4.42 Å². The minimum atomic E-state index is -0.207. The molecule has 0 radical (unpaired) electrons. The van der Waals surface area contributed by atoms with Gasteiger partial charge in [-0.2, -0.15) is 5.10 Å². The summed E-state index contributed by atoms with van der Waals surface area (Å²) in [6.07, 6.45) is 1.60. The largest absolute Gasteiger partial charge is 0.461 e. The number of aromatic nitrogens is 5. The van der Waals surface area contributed by atoms with Crippen LogP contribution in [0, 0.1) is 13.8 Å². The zero-order valence-corrected chi connectivity index (χ0v) is 16.1. The van der Waals surface area contributed by atoms with Gasteiger partial charge in [0.25, 0.3) is 5.91 Å². The second kappa shape index (κ2) is 6.30. The molecule has 1 aromatic carbocycles. The van der Waals surface area contributed by atoms with Crippen LogP contribution in [0.1, 0.15) is 21.7 Å². The molecule has 0 aliphatic rings. The number of anilines is 1. The maximum absolute atomic E-state index is 13.1. The van der Waals surface area contributed by atoms with Gasteiger partial charge in [-0.05, 0) is 50.2 Å². The summed E-state index contributed by atoms with van der Waals surface area (Å²) >= 11 is 0. The van der Waals surface area contributed by atoms with Gasteiger partial charge in [0, 0.05) is 18.4 Å². The van der Waals surface area contributed by atoms with E-state index in [1.54, 1.807) is 17.0 Å². The van der Waals surface area contributed by atoms with E-state index in [0.29, 0.717) is 28.5 Å². The Morgan fingerprint density at radius 3 is 2.83 bits per heavy atom. The molecule has 0 fully saturated rings. The molecule has 0 bridgehead atoms. The van der Waals surface area contributed by atoms with Crippen molar-refractivity contribution in [1.29, 1.82) is 0 Å². The van der Waals surface area contributed by atoms with Gasteiger partial charge in [0.15, 0.2) is 17.2 Å². The van der Waals surface area contributed by atoms with E-state index in [0.717, 1.165) is 27.8 Å². The molecule has 4 heterocycles. The van der Waals surface area contributed by atoms with Gasteiger partial charge in [-0.3, -0.25) is 9.48 Å². The molecule has 1 amide bonds. The van der Waals surface area contributed by atoms with Crippen molar-refractivity contribution < 1.29 is 9.21 Å². The Morgan fingerprint density at radius 2 is 2.03 bits per heavy atom. The number of furan rings is 1. The maximum Gasteiger partial charge on any atom is 0.256 e. The van der Waals surface area contributed by atoms with Crippen LogP contribution >= 0.6 is 0 Å². The van der Waals surface area contributed by atoms with Crippen molar-refractivity contribution in [2.24, 2.45) is 7.05 Å². The number of imidazole rings is 1. The Morgan fingerprint density at radius 1 is 1.17 bits per heavy atom. The number of rotatable bonds is 3. The van der Waals surface area contributed by atoms with Crippen molar-refractivity contribution >= 4 is 33.7 Å². The molecule has 0 unspecified atom stereocenters. The zero-order chi connectivity index (χ0) is 20.1. The smallest absolute Gasteiger partial charge is 0.256 e. The molecule has 0 saturated heterocycles. The van der Waals surface area contributed by atoms with Crippen LogP contribution in [0.3, 0.4) is 0 Å². The number of benzene rings is 1. The van der Waals surface area contributed by atoms with Crippen LogP contribution in [0.4, 0.5) is 5.69 Å². The fraction of sp³-hybridized carbons (Fsp3) is 0.143. The third-order valence-electron chi connectivity index (χ3n) is 4.84. The highest BCUT2D eigenvalue weighted by molar-refractivity contribution is 6.13. The van der Waals surface area contributed by atoms with Crippen molar-refractivity contribution in [3.05, 3.63) is 59.6 Å². The molecular weight excluding hydrogens is 368 g/mol. The number of pyridine rings is 1. The first-order chi connectivity index (χ1) is 14.0. The number of H-pyrrole nitrogens is 1. The summed E-state index contributed by atoms with van der Waals surface area (Å²) in [6.45, 7) is 3.74. The Hall–Kier alpha value is -3.94. The number of aromatic amines is 1. The second-order valence-corrected chi connectivity index (χ2v) is 6.97. The molecular formula is C21H18N6O2. The standard InChI is InChI=1S/C21H18N6O2/c1-11-9-14(18-12(2)26-27(3)20(18)22-11)21(28)23-13-6-7-15-16(10-13)25-19(24-15)17-5-4-8-29-17/h4-10H,1-3H3,(H,23,28)(H,24,25). The summed E-state index contributed by atoms with van der Waals surface area (Å²) in [5.74, 6) is 1.10. The number of hydrogen-bond donors (Lipinski definition) is 2. The number of aryl methyl sites for hydroxylation is 3. The average molecular weight is 386 g/mol. The van der Waals surface area contributed by atoms with E-state index in [1.165, 1.54) is 0 Å². The lowest BCUT2D eigenvalue weighted by molar-refractivity contribution is 0.102. The van der Waals surface area contributed by atoms with Crippen LogP contribution in [-0.2, 0) is 7.05 Å². The zero-order valence-electron chi connectivity index (χ0n) is 16.1. The average Bonchev–Trinajstić information content (AvgIpc) is 3.40. The molecule has 2 N–H and O–H groups in total. The first kappa shape index (κ1) is 17.2. The van der Waals surface area contributed by atoms with Crippen molar-refractivity contribution in [3.63, 3.8) is 0 Å². The monoisotopic (exact) mass is 386 g/mol. The van der Waals surface area contributed by atoms with E-state index >= 15 is 0 Å². The van der Waals surface area contributed by atoms with E-state index < -0.39 is 0 Å². The highest BCUT2D eigenvalue weighted by Crippen LogP contribution is 2.25. The third kappa shape index (κ3) is 2.85. The molecule has 8 heteroatoms. The Bertz CT molecular complexity index is 1380. The molecule has 0 spiro atoms. The minimum Gasteiger partial charge on any atom is -0.461 e. The summed E-state index contributed by atoms with van der Waals surface area (Å²) in [5.41, 5.74) is 5.05. The Kier molecular flexibility index (Phi) is 3.73. The van der Waals surface area contributed by atoms with Crippen molar-refractivity contribution in [2.45, 2.75) is 13.8 Å². The molecule has 4 aromatic heterocycles. The van der Waals surface area contributed by atoms with Crippen molar-refractivity contribution in [3.8, 4) is 11.6 Å². The van der Waals surface area contributed by atoms with Gasteiger partial charge in [-0.25, -0.2) is 9.97 Å². The number of amides is 1. The van der Waals surface area contributed by atoms with Gasteiger partial charge < -0.3 is 14.7 Å². The number of fused-ring (bicyclic) bond motifs is 2. The molecule has 144 valence electrons. The van der Waals surface area contributed by atoms with Gasteiger partial charge in [0.1, 0.15) is 0 Å². The number of hydrogen-bond acceptors (Lipinski definition) is 5. The quantitative estimate of drug-likeness (QED) is 0.488. The van der Waals surface area contributed by atoms with Gasteiger partial charge in [0.05, 0.1) is 33.9 Å². The first-order valence-corrected chi connectivity index (χ1v) is 9.15. The SMILES string of the molecule is Cc1cc(C(=O)Nc2ccc3nc(-c4ccco4)[nH]c3c2)c2c(C)nn(C)c2n1. The molecule has 8 nitrogen and oxygen atoms in total. The lowest BCUT2D eigenvalue weighted by atomic mass is 10.1. The molecule has 0 aliphatic heterocycles. The lowest BCUT2D eigenvalue weighted by Gasteiger charge is -2.08. The predicted molar refractivity (Wildman–Crippen MR) is 110 cm³/mol. The van der Waals surface area contributed by atoms with Gasteiger partial charge in [-0.1, -0.05) is 0 Å². The van der Waals surface area contributed by atoms with Crippen LogP contribution in [-0.4, -0.2) is 30.6 Å². The molecule has 0 saturated carbocycles. The molecule has 0 atom stereocenters. The molecule has 5 aromatic rings. The molecule has 5 rings (SSSR count). The van der Waals surface area contributed by atoms with Crippen LogP contribution in [0.2, 0.25) is 0 Å². The number of carbonyl (C=O) groups is 1. The third-order valence-corrected chi connectivity index (χ3v) is 4.84. The van der Waals surface area contributed by atoms with Gasteiger partial charge in [-0.15, -0.1) is 0 Å². The fourth-order valence-corrected chi connectivity index (χ4v) is 3.56. The summed E-state index contributed by atoms with van der Waals surface area (Å²) in [6, 6.07) is 11.0. The number of nitrogens with zero attached hydrogens (tertiary/aromatic N) is 4. The van der Waals surface area contributed by atoms with Crippen LogP contribution in [0.25, 0.3) is 33.7 Å². The van der Waals surface area contributed by atoms with Crippen molar-refractivity contribution in [1.82, 2.24) is 24.7 Å². The van der Waals surface area contributed by atoms with E-state index in [1.807, 2.05) is 51.2 Å². The lowest BCUT2D eigenvalue weighted by Crippen LogP contribution is -2.13. The number of carbonyl (C=O) groups excluding carboxylic acids is 1. The van der Waals surface area contributed by atoms with Crippen molar-refractivity contribution in [2.75, 3.05) is 5.32 Å². The maximum atomic E-state index is 13.1. The van der Waals surface area contributed by atoms with E-state index in [-0.39, 0.29) is 5.91 Å². The first-order valence-electron chi connectivity index (χ1n) is 9.15. The van der Waals surface area contributed by atoms with E-state index in [2.05, 4.69) is 25.4 Å². The molecule has 29 heavy (non-hydrogen) atoms. The minimum absolute atomic E-state index is 0.207. The highest BCUT2D eigenvalue weighted by Gasteiger charge is 2.18. The van der Waals surface area contributed by atoms with Gasteiger partial charge >= 0.3 is 0 Å². The highest BCUT2D eigenvalue weighted by atomic mass is 16.3. The van der Waals surface area contributed by atoms with Gasteiger partial charge in [0.2, 0.25) is 0 Å². The summed E-state index contributed by atoms with van der Waals surface area (Å²) in [7, 11) is 1.83. The number of nitrogens with one attached hydrogen (secondary N) is 2. The topological polar surface area (TPSA) is 102 Å². The van der Waals surface area contributed by atoms with E-state index in [9.17, 15) is 4.79 Å². The Labute approximate surface area is 165 Å². The van der Waals surface area contributed by atoms with Crippen LogP contribution in [0.15, 0.2) is 47.1 Å².